The average molecular weight is 294 g/mol. The molecule has 0 saturated heterocycles. The van der Waals surface area contributed by atoms with Gasteiger partial charge in [-0.1, -0.05) is 19.6 Å². The van der Waals surface area contributed by atoms with E-state index in [9.17, 15) is 0 Å². The van der Waals surface area contributed by atoms with Crippen molar-refractivity contribution < 1.29 is 49.9 Å². The van der Waals surface area contributed by atoms with Gasteiger partial charge in [-0.05, 0) is 0 Å². The molecule has 0 aromatic rings. The van der Waals surface area contributed by atoms with Crippen LogP contribution in [0.5, 0.6) is 0 Å². The summed E-state index contributed by atoms with van der Waals surface area (Å²) >= 11 is 0. The van der Waals surface area contributed by atoms with E-state index >= 15 is 0 Å². The summed E-state index contributed by atoms with van der Waals surface area (Å²) in [5.41, 5.74) is 4.32. The minimum atomic E-state index is -1.16. The third-order valence-electron chi connectivity index (χ3n) is 1.06. The van der Waals surface area contributed by atoms with E-state index in [4.69, 9.17) is 14.0 Å². The first-order valence-corrected chi connectivity index (χ1v) is 7.52. The van der Waals surface area contributed by atoms with Gasteiger partial charge < -0.3 is 0 Å². The minimum Gasteiger partial charge on any atom is 0 e. The first-order chi connectivity index (χ1) is 7.58. The van der Waals surface area contributed by atoms with Crippen LogP contribution in [0.1, 0.15) is 0 Å². The fraction of sp³-hybridized carbons (Fsp3) is 0.250. The van der Waals surface area contributed by atoms with Gasteiger partial charge in [0.1, 0.15) is 8.07 Å². The number of rotatable bonds is 0. The molecule has 0 aromatic carbocycles. The molecule has 1 aliphatic carbocycles. The van der Waals surface area contributed by atoms with Gasteiger partial charge in [-0.15, -0.1) is 23.8 Å². The maximum atomic E-state index is 7.50. The predicted octanol–water partition coefficient (Wildman–Crippen LogP) is -0.944. The van der Waals surface area contributed by atoms with Gasteiger partial charge >= 0.3 is 52.8 Å². The van der Waals surface area contributed by atoms with Crippen LogP contribution in [0.3, 0.4) is 0 Å². The molecule has 0 spiro atoms. The fourth-order valence-electron chi connectivity index (χ4n) is 0.499. The Labute approximate surface area is 132 Å². The predicted molar refractivity (Wildman–Crippen MR) is 58.8 cm³/mol. The van der Waals surface area contributed by atoms with E-state index in [1.54, 1.807) is 0 Å². The molecule has 0 bridgehead atoms. The van der Waals surface area contributed by atoms with Crippen LogP contribution >= 0.6 is 0 Å². The van der Waals surface area contributed by atoms with Gasteiger partial charge in [0, 0.05) is 17.1 Å². The summed E-state index contributed by atoms with van der Waals surface area (Å²) in [5, 5.41) is 0. The van der Waals surface area contributed by atoms with Crippen LogP contribution in [0.15, 0.2) is 17.7 Å². The van der Waals surface area contributed by atoms with Gasteiger partial charge in [0.2, 0.25) is 0 Å². The molecule has 1 rings (SSSR count). The molecule has 0 unspecified atom stereocenters. The largest absolute Gasteiger partial charge is 1.00 e. The van der Waals surface area contributed by atoms with E-state index in [1.165, 1.54) is 0 Å². The van der Waals surface area contributed by atoms with Gasteiger partial charge in [0.15, 0.2) is 0 Å². The molecule has 90 valence electrons. The number of allylic oxidation sites excluding steroid dienone is 4. The smallest absolute Gasteiger partial charge is 0 e. The van der Waals surface area contributed by atoms with Crippen LogP contribution in [0.25, 0.3) is 0 Å². The maximum Gasteiger partial charge on any atom is 1.00 e. The van der Waals surface area contributed by atoms with Crippen LogP contribution in [0.2, 0.25) is 19.6 Å². The molecular weight excluding hydrogens is 283 g/mol. The van der Waals surface area contributed by atoms with Gasteiger partial charge in [-0.2, -0.15) is 11.5 Å². The van der Waals surface area contributed by atoms with Gasteiger partial charge in [-0.3, -0.25) is 0 Å². The van der Waals surface area contributed by atoms with E-state index in [0.29, 0.717) is 0 Å². The molecule has 1 aliphatic rings. The zero-order chi connectivity index (χ0) is 13.6. The Morgan fingerprint density at radius 1 is 1.06 bits per heavy atom. The summed E-state index contributed by atoms with van der Waals surface area (Å²) in [6, 6.07) is 0. The topological polar surface area (TPSA) is 59.7 Å². The van der Waals surface area contributed by atoms with E-state index in [2.05, 4.69) is 57.1 Å². The van der Waals surface area contributed by atoms with Crippen molar-refractivity contribution in [2.75, 3.05) is 0 Å². The summed E-state index contributed by atoms with van der Waals surface area (Å²) in [6.07, 6.45) is 6.89. The third-order valence-corrected chi connectivity index (χ3v) is 1.94. The van der Waals surface area contributed by atoms with Crippen LogP contribution in [0.4, 0.5) is 0 Å². The first-order valence-electron chi connectivity index (χ1n) is 4.02. The molecule has 0 radical (unpaired) electrons. The Morgan fingerprint density at radius 2 is 1.39 bits per heavy atom. The summed E-state index contributed by atoms with van der Waals surface area (Å²) in [7, 11) is -1.16. The fourth-order valence-corrected chi connectivity index (χ4v) is 1.01. The van der Waals surface area contributed by atoms with Crippen molar-refractivity contribution >= 4 is 8.07 Å². The molecule has 0 aliphatic heterocycles. The van der Waals surface area contributed by atoms with E-state index < -0.39 is 8.07 Å². The summed E-state index contributed by atoms with van der Waals surface area (Å²) < 4.78 is 22.5. The molecule has 18 heavy (non-hydrogen) atoms. The molecule has 0 amide bonds. The molecule has 0 fully saturated rings. The van der Waals surface area contributed by atoms with Crippen molar-refractivity contribution in [3.8, 4) is 11.5 Å². The molecule has 3 nitrogen and oxygen atoms in total. The van der Waals surface area contributed by atoms with E-state index in [-0.39, 0.29) is 35.9 Å². The third kappa shape index (κ3) is 24.7. The number of hydrogen-bond donors (Lipinski definition) is 0. The zero-order valence-corrected chi connectivity index (χ0v) is 12.8. The van der Waals surface area contributed by atoms with E-state index in [0.717, 1.165) is 5.57 Å². The zero-order valence-electron chi connectivity index (χ0n) is 10.7. The standard InChI is InChI=1S/C9H11Si.3CO.Fe.Li/c1-10(2,3)8-7-9-5-4-6-9;3*1-2;;/h4-5H,1-3H3;;;;;/q-1;;;;;+1. The summed E-state index contributed by atoms with van der Waals surface area (Å²) in [6.45, 7) is 20.2. The molecule has 0 saturated carbocycles. The molecule has 0 aromatic heterocycles. The maximum absolute atomic E-state index is 7.50. The Balaban J connectivity index is -0.0000000623. The second-order valence-corrected chi connectivity index (χ2v) is 8.14. The normalized spacial score (nSPS) is 8.61. The summed E-state index contributed by atoms with van der Waals surface area (Å²) in [4.78, 5) is 0. The monoisotopic (exact) mass is 294 g/mol. The molecule has 6 heteroatoms. The molecule has 0 atom stereocenters. The van der Waals surface area contributed by atoms with Crippen molar-refractivity contribution in [1.82, 2.24) is 0 Å². The Kier molecular flexibility index (Phi) is 37.1. The van der Waals surface area contributed by atoms with Crippen molar-refractivity contribution in [3.63, 3.8) is 0 Å². The Morgan fingerprint density at radius 3 is 1.56 bits per heavy atom. The van der Waals surface area contributed by atoms with Gasteiger partial charge in [-0.25, -0.2) is 0 Å². The quantitative estimate of drug-likeness (QED) is 0.239. The van der Waals surface area contributed by atoms with Crippen LogP contribution in [0, 0.1) is 37.5 Å². The van der Waals surface area contributed by atoms with Crippen LogP contribution < -0.4 is 18.9 Å². The second kappa shape index (κ2) is 21.8. The van der Waals surface area contributed by atoms with Gasteiger partial charge in [0.05, 0.1) is 0 Å². The Bertz CT molecular complexity index is 350. The minimum absolute atomic E-state index is 0. The van der Waals surface area contributed by atoms with Crippen molar-refractivity contribution in [1.29, 1.82) is 0 Å². The first kappa shape index (κ1) is 30.5. The molecular formula is C12H11FeLiO3Si. The van der Waals surface area contributed by atoms with E-state index in [1.807, 2.05) is 12.2 Å². The average Bonchev–Trinajstić information content (AvgIpc) is 2.23. The van der Waals surface area contributed by atoms with Gasteiger partial charge in [0.25, 0.3) is 0 Å². The molecule has 0 N–H and O–H groups in total. The Hall–Kier alpha value is -0.406. The van der Waals surface area contributed by atoms with Crippen molar-refractivity contribution in [2.45, 2.75) is 19.6 Å². The van der Waals surface area contributed by atoms with Crippen LogP contribution in [-0.2, 0) is 31.0 Å². The SMILES string of the molecule is C[Si](C)(C)C#CC1=[C-]C=C1.[C-]#[O+].[C-]#[O+].[C-]#[O+].[Fe].[Li+]. The second-order valence-electron chi connectivity index (χ2n) is 3.39. The summed E-state index contributed by atoms with van der Waals surface area (Å²) in [5.74, 6) is 3.09. The van der Waals surface area contributed by atoms with Crippen molar-refractivity contribution in [2.24, 2.45) is 0 Å². The van der Waals surface area contributed by atoms with Crippen LogP contribution in [-0.4, -0.2) is 8.07 Å². The van der Waals surface area contributed by atoms with Crippen molar-refractivity contribution in [3.05, 3.63) is 43.8 Å². The molecule has 0 heterocycles. The number of hydrogen-bond acceptors (Lipinski definition) is 0.